The zero-order valence-corrected chi connectivity index (χ0v) is 24.1. The molecule has 0 bridgehead atoms. The Kier molecular flexibility index (Phi) is 8.40. The molecule has 12 heteroatoms. The van der Waals surface area contributed by atoms with Gasteiger partial charge in [0.25, 0.3) is 0 Å². The van der Waals surface area contributed by atoms with Crippen LogP contribution < -0.4 is 9.47 Å². The molecule has 0 saturated carbocycles. The Hall–Kier alpha value is -4.61. The van der Waals surface area contributed by atoms with Crippen molar-refractivity contribution in [1.82, 2.24) is 14.5 Å². The summed E-state index contributed by atoms with van der Waals surface area (Å²) in [6.45, 7) is 0.994. The number of benzene rings is 3. The van der Waals surface area contributed by atoms with E-state index in [0.29, 0.717) is 41.3 Å². The number of pyridine rings is 1. The van der Waals surface area contributed by atoms with Crippen LogP contribution in [-0.4, -0.2) is 40.3 Å². The molecule has 3 heterocycles. The highest BCUT2D eigenvalue weighted by Crippen LogP contribution is 2.30. The number of hydrogen-bond acceptors (Lipinski definition) is 7. The Balaban J connectivity index is 1.21. The van der Waals surface area contributed by atoms with Crippen LogP contribution in [0.5, 0.6) is 17.2 Å². The van der Waals surface area contributed by atoms with E-state index in [-0.39, 0.29) is 47.0 Å². The summed E-state index contributed by atoms with van der Waals surface area (Å²) < 4.78 is 68.0. The second-order valence-electron chi connectivity index (χ2n) is 10.1. The summed E-state index contributed by atoms with van der Waals surface area (Å²) in [6, 6.07) is 14.0. The summed E-state index contributed by atoms with van der Waals surface area (Å²) in [4.78, 5) is 20.9. The summed E-state index contributed by atoms with van der Waals surface area (Å²) in [5.74, 6) is -2.25. The number of aromatic nitrogens is 3. The Morgan fingerprint density at radius 2 is 1.84 bits per heavy atom. The number of methoxy groups -OCH3 is 1. The molecule has 1 aliphatic rings. The fourth-order valence-corrected chi connectivity index (χ4v) is 4.97. The van der Waals surface area contributed by atoms with Crippen molar-refractivity contribution in [2.24, 2.45) is 0 Å². The number of esters is 1. The number of ether oxygens (including phenoxy) is 4. The van der Waals surface area contributed by atoms with Crippen LogP contribution in [0, 0.1) is 17.5 Å². The van der Waals surface area contributed by atoms with Gasteiger partial charge >= 0.3 is 5.97 Å². The highest BCUT2D eigenvalue weighted by molar-refractivity contribution is 6.30. The standard InChI is InChI=1S/C32H25ClF3N3O5/c1-41-32(40)18-2-4-27-28(11-18)39(16-23-7-9-42-23)31(38-27)12-19-10-25(35)30(15-24(19)34)44-22-6-8-37-21(14-22)17-43-29-5-3-20(33)13-26(29)36/h2-6,8,10-11,13-15,23H,7,9,12,16-17H2,1H3. The van der Waals surface area contributed by atoms with Crippen molar-refractivity contribution >= 4 is 28.6 Å². The predicted octanol–water partition coefficient (Wildman–Crippen LogP) is 7.04. The Bertz CT molecular complexity index is 1860. The van der Waals surface area contributed by atoms with Crippen LogP contribution in [0.1, 0.15) is 33.9 Å². The minimum Gasteiger partial charge on any atom is -0.484 e. The monoisotopic (exact) mass is 623 g/mol. The van der Waals surface area contributed by atoms with Gasteiger partial charge in [-0.15, -0.1) is 0 Å². The lowest BCUT2D eigenvalue weighted by molar-refractivity contribution is -0.0589. The predicted molar refractivity (Wildman–Crippen MR) is 155 cm³/mol. The van der Waals surface area contributed by atoms with Gasteiger partial charge in [0.2, 0.25) is 0 Å². The summed E-state index contributed by atoms with van der Waals surface area (Å²) in [5.41, 5.74) is 2.06. The Morgan fingerprint density at radius 1 is 1.02 bits per heavy atom. The van der Waals surface area contributed by atoms with Crippen LogP contribution in [0.4, 0.5) is 13.2 Å². The zero-order valence-electron chi connectivity index (χ0n) is 23.4. The number of fused-ring (bicyclic) bond motifs is 1. The summed E-state index contributed by atoms with van der Waals surface area (Å²) >= 11 is 5.77. The molecule has 0 spiro atoms. The molecule has 8 nitrogen and oxygen atoms in total. The maximum atomic E-state index is 15.4. The second kappa shape index (κ2) is 12.6. The van der Waals surface area contributed by atoms with Crippen molar-refractivity contribution in [3.63, 3.8) is 0 Å². The first-order chi connectivity index (χ1) is 21.3. The Labute approximate surface area is 254 Å². The molecule has 0 amide bonds. The van der Waals surface area contributed by atoms with Crippen molar-refractivity contribution in [2.45, 2.75) is 32.1 Å². The fourth-order valence-electron chi connectivity index (χ4n) is 4.81. The van der Waals surface area contributed by atoms with Crippen LogP contribution >= 0.6 is 11.6 Å². The third-order valence-corrected chi connectivity index (χ3v) is 7.40. The van der Waals surface area contributed by atoms with Crippen molar-refractivity contribution in [2.75, 3.05) is 13.7 Å². The highest BCUT2D eigenvalue weighted by Gasteiger charge is 2.24. The average molecular weight is 624 g/mol. The quantitative estimate of drug-likeness (QED) is 0.154. The van der Waals surface area contributed by atoms with Gasteiger partial charge < -0.3 is 23.5 Å². The maximum Gasteiger partial charge on any atom is 0.337 e. The van der Waals surface area contributed by atoms with E-state index in [1.54, 1.807) is 18.2 Å². The molecule has 3 aromatic carbocycles. The summed E-state index contributed by atoms with van der Waals surface area (Å²) in [7, 11) is 1.30. The van der Waals surface area contributed by atoms with Gasteiger partial charge in [0.15, 0.2) is 23.1 Å². The van der Waals surface area contributed by atoms with Crippen LogP contribution in [0.3, 0.4) is 0 Å². The molecule has 5 aromatic rings. The van der Waals surface area contributed by atoms with Gasteiger partial charge in [-0.05, 0) is 60.5 Å². The SMILES string of the molecule is COC(=O)c1ccc2nc(Cc3cc(F)c(Oc4ccnc(COc5ccc(Cl)cc5F)c4)cc3F)n(CC3CCO3)c2c1. The van der Waals surface area contributed by atoms with Gasteiger partial charge in [-0.2, -0.15) is 0 Å². The second-order valence-corrected chi connectivity index (χ2v) is 10.6. The zero-order chi connectivity index (χ0) is 30.8. The van der Waals surface area contributed by atoms with E-state index in [4.69, 9.17) is 30.5 Å². The molecule has 226 valence electrons. The van der Waals surface area contributed by atoms with Gasteiger partial charge in [0.05, 0.1) is 42.0 Å². The lowest BCUT2D eigenvalue weighted by atomic mass is 10.1. The molecule has 1 unspecified atom stereocenters. The van der Waals surface area contributed by atoms with Crippen molar-refractivity contribution in [3.05, 3.63) is 112 Å². The number of nitrogens with zero attached hydrogens (tertiary/aromatic N) is 3. The first kappa shape index (κ1) is 29.5. The topological polar surface area (TPSA) is 84.7 Å². The summed E-state index contributed by atoms with van der Waals surface area (Å²) in [6.07, 6.45) is 2.20. The average Bonchev–Trinajstić information content (AvgIpc) is 3.32. The van der Waals surface area contributed by atoms with E-state index in [9.17, 15) is 9.18 Å². The third-order valence-electron chi connectivity index (χ3n) is 7.16. The molecular formula is C32H25ClF3N3O5. The fraction of sp³-hybridized carbons (Fsp3) is 0.219. The van der Waals surface area contributed by atoms with Crippen LogP contribution in [0.25, 0.3) is 11.0 Å². The van der Waals surface area contributed by atoms with Crippen LogP contribution in [0.2, 0.25) is 5.02 Å². The Morgan fingerprint density at radius 3 is 2.59 bits per heavy atom. The van der Waals surface area contributed by atoms with E-state index in [1.165, 1.54) is 37.6 Å². The molecular weight excluding hydrogens is 599 g/mol. The molecule has 1 aliphatic heterocycles. The van der Waals surface area contributed by atoms with E-state index < -0.39 is 23.4 Å². The number of imidazole rings is 1. The number of halogens is 4. The minimum atomic E-state index is -0.780. The number of rotatable bonds is 10. The smallest absolute Gasteiger partial charge is 0.337 e. The van der Waals surface area contributed by atoms with Gasteiger partial charge in [0, 0.05) is 36.4 Å². The molecule has 6 rings (SSSR count). The molecule has 1 atom stereocenters. The van der Waals surface area contributed by atoms with E-state index >= 15 is 8.78 Å². The minimum absolute atomic E-state index is 0.0103. The lowest BCUT2D eigenvalue weighted by Gasteiger charge is -2.27. The van der Waals surface area contributed by atoms with Crippen LogP contribution in [-0.2, 0) is 29.0 Å². The van der Waals surface area contributed by atoms with Crippen molar-refractivity contribution in [1.29, 1.82) is 0 Å². The van der Waals surface area contributed by atoms with Gasteiger partial charge in [0.1, 0.15) is 24.0 Å². The first-order valence-electron chi connectivity index (χ1n) is 13.6. The molecule has 44 heavy (non-hydrogen) atoms. The van der Waals surface area contributed by atoms with Gasteiger partial charge in [-0.3, -0.25) is 4.98 Å². The van der Waals surface area contributed by atoms with E-state index in [0.717, 1.165) is 24.6 Å². The molecule has 0 aliphatic carbocycles. The van der Waals surface area contributed by atoms with Crippen molar-refractivity contribution < 1.29 is 36.9 Å². The number of carbonyl (C=O) groups excluding carboxylic acids is 1. The number of carbonyl (C=O) groups is 1. The third kappa shape index (κ3) is 6.34. The van der Waals surface area contributed by atoms with Gasteiger partial charge in [-0.1, -0.05) is 11.6 Å². The molecule has 0 N–H and O–H groups in total. The summed E-state index contributed by atoms with van der Waals surface area (Å²) in [5, 5.41) is 0.236. The normalized spacial score (nSPS) is 14.3. The van der Waals surface area contributed by atoms with E-state index in [1.807, 2.05) is 4.57 Å². The van der Waals surface area contributed by atoms with Gasteiger partial charge in [-0.25, -0.2) is 22.9 Å². The first-order valence-corrected chi connectivity index (χ1v) is 14.0. The largest absolute Gasteiger partial charge is 0.484 e. The number of hydrogen-bond donors (Lipinski definition) is 0. The van der Waals surface area contributed by atoms with Crippen molar-refractivity contribution in [3.8, 4) is 17.2 Å². The maximum absolute atomic E-state index is 15.4. The molecule has 2 aromatic heterocycles. The highest BCUT2D eigenvalue weighted by atomic mass is 35.5. The molecule has 0 radical (unpaired) electrons. The lowest BCUT2D eigenvalue weighted by Crippen LogP contribution is -2.31. The van der Waals surface area contributed by atoms with Crippen LogP contribution in [0.15, 0.2) is 66.9 Å². The van der Waals surface area contributed by atoms with E-state index in [2.05, 4.69) is 9.97 Å². The molecule has 1 saturated heterocycles. The molecule has 1 fully saturated rings.